The lowest BCUT2D eigenvalue weighted by Crippen LogP contribution is -3.06. The van der Waals surface area contributed by atoms with Gasteiger partial charge < -0.3 is 4.90 Å². The van der Waals surface area contributed by atoms with Crippen LogP contribution in [0.2, 0.25) is 0 Å². The van der Waals surface area contributed by atoms with E-state index < -0.39 is 0 Å². The molecule has 0 atom stereocenters. The Morgan fingerprint density at radius 1 is 1.07 bits per heavy atom. The first-order valence-electron chi connectivity index (χ1n) is 8.95. The molecular weight excluding hydrogens is 358 g/mol. The molecule has 0 fully saturated rings. The van der Waals surface area contributed by atoms with Gasteiger partial charge in [0.1, 0.15) is 0 Å². The summed E-state index contributed by atoms with van der Waals surface area (Å²) < 4.78 is 1.08. The molecule has 0 spiro atoms. The number of benzene rings is 2. The van der Waals surface area contributed by atoms with Crippen molar-refractivity contribution in [1.29, 1.82) is 0 Å². The van der Waals surface area contributed by atoms with Gasteiger partial charge in [-0.15, -0.1) is 0 Å². The molecule has 5 nitrogen and oxygen atoms in total. The second-order valence-corrected chi connectivity index (χ2v) is 7.97. The molecule has 0 aliphatic rings. The molecule has 0 bridgehead atoms. The summed E-state index contributed by atoms with van der Waals surface area (Å²) in [6.07, 6.45) is 0. The fraction of sp³-hybridized carbons (Fsp3) is 0.286. The Morgan fingerprint density at radius 3 is 2.33 bits per heavy atom. The van der Waals surface area contributed by atoms with Crippen molar-refractivity contribution < 1.29 is 14.5 Å². The molecule has 0 radical (unpaired) electrons. The third-order valence-corrected chi connectivity index (χ3v) is 5.50. The van der Waals surface area contributed by atoms with Gasteiger partial charge in [-0.2, -0.15) is 0 Å². The molecule has 0 aliphatic carbocycles. The molecule has 6 heteroatoms. The van der Waals surface area contributed by atoms with Crippen LogP contribution in [-0.2, 0) is 0 Å². The maximum absolute atomic E-state index is 13.2. The van der Waals surface area contributed by atoms with Crippen LogP contribution in [0.15, 0.2) is 42.5 Å². The number of carbonyl (C=O) groups excluding carboxylic acids is 2. The van der Waals surface area contributed by atoms with E-state index in [2.05, 4.69) is 14.1 Å². The number of aryl methyl sites for hydroxylation is 1. The van der Waals surface area contributed by atoms with Crippen LogP contribution < -0.4 is 9.80 Å². The van der Waals surface area contributed by atoms with E-state index in [1.165, 1.54) is 23.2 Å². The number of quaternary nitrogens is 1. The second-order valence-electron chi connectivity index (χ2n) is 6.97. The van der Waals surface area contributed by atoms with Gasteiger partial charge in [-0.3, -0.25) is 14.5 Å². The lowest BCUT2D eigenvalue weighted by Gasteiger charge is -2.20. The number of aromatic nitrogens is 1. The number of Topliss-reactive ketones (excluding diaryl/α,β-unsaturated/α-hetero) is 1. The van der Waals surface area contributed by atoms with E-state index in [1.54, 1.807) is 29.2 Å². The predicted molar refractivity (Wildman–Crippen MR) is 110 cm³/mol. The van der Waals surface area contributed by atoms with Crippen molar-refractivity contribution in [3.05, 3.63) is 59.2 Å². The number of amides is 1. The number of nitrogens with zero attached hydrogens (tertiary/aromatic N) is 2. The van der Waals surface area contributed by atoms with Crippen LogP contribution in [0.3, 0.4) is 0 Å². The van der Waals surface area contributed by atoms with Crippen molar-refractivity contribution in [3.63, 3.8) is 0 Å². The molecular formula is C21H24N3O2S+. The quantitative estimate of drug-likeness (QED) is 0.667. The van der Waals surface area contributed by atoms with E-state index in [9.17, 15) is 9.59 Å². The lowest BCUT2D eigenvalue weighted by molar-refractivity contribution is -0.856. The van der Waals surface area contributed by atoms with Gasteiger partial charge in [0.25, 0.3) is 5.91 Å². The van der Waals surface area contributed by atoms with E-state index in [-0.39, 0.29) is 11.7 Å². The van der Waals surface area contributed by atoms with Gasteiger partial charge >= 0.3 is 0 Å². The first-order valence-corrected chi connectivity index (χ1v) is 9.76. The second kappa shape index (κ2) is 7.98. The van der Waals surface area contributed by atoms with Crippen molar-refractivity contribution in [1.82, 2.24) is 4.98 Å². The number of fused-ring (bicyclic) bond motifs is 1. The zero-order valence-corrected chi connectivity index (χ0v) is 16.9. The monoisotopic (exact) mass is 382 g/mol. The number of thiazole rings is 1. The molecule has 1 amide bonds. The average Bonchev–Trinajstić information content (AvgIpc) is 3.07. The van der Waals surface area contributed by atoms with Crippen LogP contribution in [0.5, 0.6) is 0 Å². The van der Waals surface area contributed by atoms with Crippen LogP contribution >= 0.6 is 11.3 Å². The molecule has 140 valence electrons. The molecule has 0 unspecified atom stereocenters. The Kier molecular flexibility index (Phi) is 5.68. The Bertz CT molecular complexity index is 977. The normalized spacial score (nSPS) is 11.1. The van der Waals surface area contributed by atoms with Crippen molar-refractivity contribution in [2.24, 2.45) is 0 Å². The first kappa shape index (κ1) is 19.2. The highest BCUT2D eigenvalue weighted by atomic mass is 32.1. The summed E-state index contributed by atoms with van der Waals surface area (Å²) in [5, 5.41) is 0.709. The average molecular weight is 383 g/mol. The molecule has 1 N–H and O–H groups in total. The highest BCUT2D eigenvalue weighted by Gasteiger charge is 2.22. The predicted octanol–water partition coefficient (Wildman–Crippen LogP) is 2.60. The van der Waals surface area contributed by atoms with E-state index in [1.807, 2.05) is 25.1 Å². The maximum atomic E-state index is 13.2. The molecule has 3 rings (SSSR count). The smallest absolute Gasteiger partial charge is 0.260 e. The van der Waals surface area contributed by atoms with Crippen molar-refractivity contribution in [2.45, 2.75) is 13.8 Å². The summed E-state index contributed by atoms with van der Waals surface area (Å²) in [5.41, 5.74) is 3.21. The third kappa shape index (κ3) is 4.23. The van der Waals surface area contributed by atoms with Crippen LogP contribution in [0, 0.1) is 6.92 Å². The topological polar surface area (TPSA) is 54.7 Å². The highest BCUT2D eigenvalue weighted by Crippen LogP contribution is 2.31. The van der Waals surface area contributed by atoms with Gasteiger partial charge in [0.2, 0.25) is 0 Å². The SMILES string of the molecule is CC(=O)c1ccc(C(=O)N(CC[NH+](C)C)c2nc3c(C)cccc3s2)cc1. The van der Waals surface area contributed by atoms with E-state index in [0.29, 0.717) is 22.8 Å². The third-order valence-electron chi connectivity index (χ3n) is 4.46. The van der Waals surface area contributed by atoms with Gasteiger partial charge in [0.05, 0.1) is 37.4 Å². The number of ketones is 1. The van der Waals surface area contributed by atoms with Crippen LogP contribution in [0.1, 0.15) is 33.2 Å². The fourth-order valence-electron chi connectivity index (χ4n) is 2.81. The maximum Gasteiger partial charge on any atom is 0.260 e. The molecule has 1 aromatic heterocycles. The molecule has 0 saturated carbocycles. The Morgan fingerprint density at radius 2 is 1.74 bits per heavy atom. The lowest BCUT2D eigenvalue weighted by atomic mass is 10.1. The number of rotatable bonds is 6. The molecule has 0 aliphatic heterocycles. The van der Waals surface area contributed by atoms with Crippen LogP contribution in [-0.4, -0.2) is 43.9 Å². The number of nitrogens with one attached hydrogen (secondary N) is 1. The summed E-state index contributed by atoms with van der Waals surface area (Å²) in [7, 11) is 4.12. The molecule has 3 aromatic rings. The Balaban J connectivity index is 1.97. The molecule has 0 saturated heterocycles. The number of carbonyl (C=O) groups is 2. The summed E-state index contributed by atoms with van der Waals surface area (Å²) in [4.78, 5) is 32.4. The molecule has 2 aromatic carbocycles. The summed E-state index contributed by atoms with van der Waals surface area (Å²) in [5.74, 6) is -0.105. The minimum Gasteiger partial charge on any atom is -0.338 e. The van der Waals surface area contributed by atoms with Crippen LogP contribution in [0.25, 0.3) is 10.2 Å². The fourth-order valence-corrected chi connectivity index (χ4v) is 3.88. The van der Waals surface area contributed by atoms with E-state index in [4.69, 9.17) is 4.98 Å². The van der Waals surface area contributed by atoms with Crippen molar-refractivity contribution in [3.8, 4) is 0 Å². The van der Waals surface area contributed by atoms with Gasteiger partial charge in [0, 0.05) is 11.1 Å². The number of anilines is 1. The van der Waals surface area contributed by atoms with Crippen molar-refractivity contribution >= 4 is 38.4 Å². The molecule has 27 heavy (non-hydrogen) atoms. The highest BCUT2D eigenvalue weighted by molar-refractivity contribution is 7.22. The van der Waals surface area contributed by atoms with Gasteiger partial charge in [-0.1, -0.05) is 35.6 Å². The summed E-state index contributed by atoms with van der Waals surface area (Å²) >= 11 is 1.53. The summed E-state index contributed by atoms with van der Waals surface area (Å²) in [6.45, 7) is 4.94. The van der Waals surface area contributed by atoms with E-state index in [0.717, 1.165) is 22.3 Å². The zero-order valence-electron chi connectivity index (χ0n) is 16.1. The van der Waals surface area contributed by atoms with Gasteiger partial charge in [-0.25, -0.2) is 4.98 Å². The molecule has 1 heterocycles. The number of hydrogen-bond donors (Lipinski definition) is 1. The number of hydrogen-bond acceptors (Lipinski definition) is 4. The zero-order chi connectivity index (χ0) is 19.6. The number of likely N-dealkylation sites (N-methyl/N-ethyl adjacent to an activating group) is 1. The Hall–Kier alpha value is -2.57. The number of para-hydroxylation sites is 1. The first-order chi connectivity index (χ1) is 12.9. The summed E-state index contributed by atoms with van der Waals surface area (Å²) in [6, 6.07) is 12.9. The standard InChI is InChI=1S/C21H23N3O2S/c1-14-6-5-7-18-19(14)22-21(27-18)24(13-12-23(3)4)20(26)17-10-8-16(9-11-17)15(2)25/h5-11H,12-13H2,1-4H3/p+1. The minimum absolute atomic E-state index is 0.0105. The van der Waals surface area contributed by atoms with Gasteiger partial charge in [0.15, 0.2) is 10.9 Å². The minimum atomic E-state index is -0.0944. The van der Waals surface area contributed by atoms with Crippen molar-refractivity contribution in [2.75, 3.05) is 32.1 Å². The van der Waals surface area contributed by atoms with Gasteiger partial charge in [-0.05, 0) is 37.6 Å². The Labute approximate surface area is 163 Å². The largest absolute Gasteiger partial charge is 0.338 e. The van der Waals surface area contributed by atoms with E-state index >= 15 is 0 Å². The van der Waals surface area contributed by atoms with Crippen LogP contribution in [0.4, 0.5) is 5.13 Å².